The number of rotatable bonds is 7. The van der Waals surface area contributed by atoms with Crippen molar-refractivity contribution >= 4 is 9.84 Å². The van der Waals surface area contributed by atoms with Crippen LogP contribution >= 0.6 is 0 Å². The number of nitrogens with one attached hydrogen (secondary N) is 1. The second-order valence-electron chi connectivity index (χ2n) is 6.98. The van der Waals surface area contributed by atoms with Gasteiger partial charge < -0.3 is 5.32 Å². The summed E-state index contributed by atoms with van der Waals surface area (Å²) in [6.07, 6.45) is 4.27. The smallest absolute Gasteiger partial charge is 0.154 e. The van der Waals surface area contributed by atoms with Gasteiger partial charge in [-0.25, -0.2) is 8.42 Å². The molecule has 0 saturated carbocycles. The highest BCUT2D eigenvalue weighted by molar-refractivity contribution is 7.92. The quantitative estimate of drug-likeness (QED) is 0.778. The fraction of sp³-hybridized carbons (Fsp3) is 1.00. The Morgan fingerprint density at radius 1 is 1.11 bits per heavy atom. The minimum atomic E-state index is -3.06. The van der Waals surface area contributed by atoms with E-state index in [1.54, 1.807) is 0 Å². The minimum absolute atomic E-state index is 0.0201. The molecule has 0 aliphatic heterocycles. The highest BCUT2D eigenvalue weighted by atomic mass is 32.2. The number of hydrogen-bond donors (Lipinski definition) is 1. The maximum Gasteiger partial charge on any atom is 0.154 e. The number of hydrogen-bond acceptors (Lipinski definition) is 3. The van der Waals surface area contributed by atoms with Gasteiger partial charge in [-0.2, -0.15) is 0 Å². The molecule has 0 aliphatic carbocycles. The first kappa shape index (κ1) is 17.9. The van der Waals surface area contributed by atoms with E-state index in [2.05, 4.69) is 33.0 Å². The molecule has 0 aromatic heterocycles. The summed E-state index contributed by atoms with van der Waals surface area (Å²) < 4.78 is 23.2. The fourth-order valence-corrected chi connectivity index (χ4v) is 2.57. The standard InChI is InChI=1S/C14H31NO2S/c1-8-11-15-12(9-10-13(2,3)4)14(5,6)18(7,16)17/h12,15H,8-11H2,1-7H3. The van der Waals surface area contributed by atoms with E-state index in [-0.39, 0.29) is 11.5 Å². The van der Waals surface area contributed by atoms with E-state index in [1.807, 2.05) is 13.8 Å². The highest BCUT2D eigenvalue weighted by Gasteiger charge is 2.38. The molecule has 1 N–H and O–H groups in total. The minimum Gasteiger partial charge on any atom is -0.312 e. The zero-order valence-electron chi connectivity index (χ0n) is 13.1. The molecular formula is C14H31NO2S. The third kappa shape index (κ3) is 5.70. The molecule has 0 rings (SSSR count). The lowest BCUT2D eigenvalue weighted by molar-refractivity contribution is 0.303. The Hall–Kier alpha value is -0.0900. The molecule has 4 heteroatoms. The largest absolute Gasteiger partial charge is 0.312 e. The molecule has 3 nitrogen and oxygen atoms in total. The second kappa shape index (κ2) is 6.38. The van der Waals surface area contributed by atoms with E-state index in [4.69, 9.17) is 0 Å². The Morgan fingerprint density at radius 3 is 1.94 bits per heavy atom. The average Bonchev–Trinajstić information content (AvgIpc) is 2.13. The summed E-state index contributed by atoms with van der Waals surface area (Å²) in [7, 11) is -3.06. The Kier molecular flexibility index (Phi) is 6.34. The summed E-state index contributed by atoms with van der Waals surface area (Å²) >= 11 is 0. The van der Waals surface area contributed by atoms with Crippen molar-refractivity contribution in [2.75, 3.05) is 12.8 Å². The normalized spacial score (nSPS) is 15.7. The van der Waals surface area contributed by atoms with E-state index in [0.29, 0.717) is 0 Å². The zero-order chi connectivity index (χ0) is 14.6. The lowest BCUT2D eigenvalue weighted by Gasteiger charge is -2.35. The summed E-state index contributed by atoms with van der Waals surface area (Å²) in [6, 6.07) is 0.0201. The van der Waals surface area contributed by atoms with Crippen LogP contribution < -0.4 is 5.32 Å². The molecule has 0 heterocycles. The summed E-state index contributed by atoms with van der Waals surface area (Å²) in [6.45, 7) is 13.2. The van der Waals surface area contributed by atoms with Crippen LogP contribution in [0.1, 0.15) is 60.8 Å². The first-order valence-electron chi connectivity index (χ1n) is 6.85. The molecule has 1 atom stereocenters. The van der Waals surface area contributed by atoms with Gasteiger partial charge >= 0.3 is 0 Å². The fourth-order valence-electron chi connectivity index (χ4n) is 1.85. The summed E-state index contributed by atoms with van der Waals surface area (Å²) in [5.74, 6) is 0. The van der Waals surface area contributed by atoms with Crippen LogP contribution in [0, 0.1) is 5.41 Å². The van der Waals surface area contributed by atoms with E-state index in [1.165, 1.54) is 6.26 Å². The van der Waals surface area contributed by atoms with Crippen molar-refractivity contribution in [3.05, 3.63) is 0 Å². The maximum atomic E-state index is 11.9. The van der Waals surface area contributed by atoms with Gasteiger partial charge in [-0.15, -0.1) is 0 Å². The molecule has 0 fully saturated rings. The molecule has 0 spiro atoms. The summed E-state index contributed by atoms with van der Waals surface area (Å²) in [4.78, 5) is 0. The molecule has 0 aromatic carbocycles. The van der Waals surface area contributed by atoms with Crippen molar-refractivity contribution in [1.29, 1.82) is 0 Å². The Morgan fingerprint density at radius 2 is 1.61 bits per heavy atom. The SMILES string of the molecule is CCCNC(CCC(C)(C)C)C(C)(C)S(C)(=O)=O. The van der Waals surface area contributed by atoms with Gasteiger partial charge in [0, 0.05) is 12.3 Å². The van der Waals surface area contributed by atoms with Crippen LogP contribution in [0.15, 0.2) is 0 Å². The molecular weight excluding hydrogens is 246 g/mol. The molecule has 110 valence electrons. The van der Waals surface area contributed by atoms with Gasteiger partial charge in [0.2, 0.25) is 0 Å². The van der Waals surface area contributed by atoms with Gasteiger partial charge in [0.1, 0.15) is 0 Å². The first-order chi connectivity index (χ1) is 7.92. The van der Waals surface area contributed by atoms with Gasteiger partial charge in [0.05, 0.1) is 4.75 Å². The predicted octanol–water partition coefficient (Wildman–Crippen LogP) is 3.00. The van der Waals surface area contributed by atoms with Crippen LogP contribution in [0.25, 0.3) is 0 Å². The Balaban J connectivity index is 4.88. The molecule has 18 heavy (non-hydrogen) atoms. The van der Waals surface area contributed by atoms with Crippen molar-refractivity contribution in [2.45, 2.75) is 71.6 Å². The Labute approximate surface area is 114 Å². The van der Waals surface area contributed by atoms with Crippen LogP contribution in [-0.2, 0) is 9.84 Å². The van der Waals surface area contributed by atoms with Crippen molar-refractivity contribution in [1.82, 2.24) is 5.32 Å². The molecule has 1 unspecified atom stereocenters. The van der Waals surface area contributed by atoms with E-state index in [0.717, 1.165) is 25.8 Å². The number of sulfone groups is 1. The van der Waals surface area contributed by atoms with Gasteiger partial charge in [0.15, 0.2) is 9.84 Å². The molecule has 0 bridgehead atoms. The van der Waals surface area contributed by atoms with E-state index >= 15 is 0 Å². The van der Waals surface area contributed by atoms with Gasteiger partial charge in [-0.1, -0.05) is 27.7 Å². The summed E-state index contributed by atoms with van der Waals surface area (Å²) in [5, 5.41) is 3.41. The zero-order valence-corrected chi connectivity index (χ0v) is 13.9. The Bertz CT molecular complexity index is 339. The molecule has 0 aromatic rings. The lowest BCUT2D eigenvalue weighted by atomic mass is 9.86. The maximum absolute atomic E-state index is 11.9. The van der Waals surface area contributed by atoms with Gasteiger partial charge in [-0.3, -0.25) is 0 Å². The third-order valence-electron chi connectivity index (χ3n) is 3.62. The topological polar surface area (TPSA) is 46.2 Å². The monoisotopic (exact) mass is 277 g/mol. The molecule has 0 radical (unpaired) electrons. The first-order valence-corrected chi connectivity index (χ1v) is 8.74. The molecule has 0 aliphatic rings. The van der Waals surface area contributed by atoms with Crippen LogP contribution in [0.4, 0.5) is 0 Å². The van der Waals surface area contributed by atoms with Crippen molar-refractivity contribution in [2.24, 2.45) is 5.41 Å². The van der Waals surface area contributed by atoms with E-state index < -0.39 is 14.6 Å². The third-order valence-corrected chi connectivity index (χ3v) is 5.81. The van der Waals surface area contributed by atoms with Gasteiger partial charge in [-0.05, 0) is 45.1 Å². The predicted molar refractivity (Wildman–Crippen MR) is 79.7 cm³/mol. The van der Waals surface area contributed by atoms with Crippen LogP contribution in [0.5, 0.6) is 0 Å². The van der Waals surface area contributed by atoms with Crippen molar-refractivity contribution in [3.8, 4) is 0 Å². The second-order valence-corrected chi connectivity index (χ2v) is 9.58. The van der Waals surface area contributed by atoms with E-state index in [9.17, 15) is 8.42 Å². The summed E-state index contributed by atoms with van der Waals surface area (Å²) in [5.41, 5.74) is 0.236. The highest BCUT2D eigenvalue weighted by Crippen LogP contribution is 2.28. The lowest BCUT2D eigenvalue weighted by Crippen LogP contribution is -2.52. The van der Waals surface area contributed by atoms with Crippen molar-refractivity contribution in [3.63, 3.8) is 0 Å². The van der Waals surface area contributed by atoms with Crippen LogP contribution in [0.2, 0.25) is 0 Å². The molecule has 0 amide bonds. The molecule has 0 saturated heterocycles. The van der Waals surface area contributed by atoms with Crippen LogP contribution in [-0.4, -0.2) is 32.0 Å². The average molecular weight is 277 g/mol. The van der Waals surface area contributed by atoms with Crippen molar-refractivity contribution < 1.29 is 8.42 Å². The van der Waals surface area contributed by atoms with Gasteiger partial charge in [0.25, 0.3) is 0 Å². The van der Waals surface area contributed by atoms with Crippen LogP contribution in [0.3, 0.4) is 0 Å².